The molecule has 1 N–H and O–H groups in total. The maximum Gasteiger partial charge on any atom is 0.256 e. The van der Waals surface area contributed by atoms with Crippen LogP contribution in [-0.2, 0) is 19.1 Å². The van der Waals surface area contributed by atoms with Crippen LogP contribution in [0.25, 0.3) is 0 Å². The van der Waals surface area contributed by atoms with Crippen molar-refractivity contribution in [1.29, 1.82) is 0 Å². The Morgan fingerprint density at radius 2 is 1.83 bits per heavy atom. The number of nitrogens with zero attached hydrogens (tertiary/aromatic N) is 2. The molecule has 4 fully saturated rings. The summed E-state index contributed by atoms with van der Waals surface area (Å²) in [5.74, 6) is 0.529. The van der Waals surface area contributed by atoms with E-state index in [2.05, 4.69) is 5.32 Å². The smallest absolute Gasteiger partial charge is 0.256 e. The second-order valence-electron chi connectivity index (χ2n) is 10.0. The molecule has 1 aliphatic carbocycles. The van der Waals surface area contributed by atoms with Crippen molar-refractivity contribution < 1.29 is 28.6 Å². The summed E-state index contributed by atoms with van der Waals surface area (Å²) in [6.07, 6.45) is 5.95. The number of methoxy groups -OCH3 is 1. The van der Waals surface area contributed by atoms with Crippen LogP contribution in [0.5, 0.6) is 5.75 Å². The maximum absolute atomic E-state index is 13.8. The fraction of sp³-hybridized carbons (Fsp3) is 0.654. The van der Waals surface area contributed by atoms with E-state index in [9.17, 15) is 14.4 Å². The second-order valence-corrected chi connectivity index (χ2v) is 10.0. The number of hydrogen-bond acceptors (Lipinski definition) is 6. The lowest BCUT2D eigenvalue weighted by Crippen LogP contribution is -2.60. The van der Waals surface area contributed by atoms with Gasteiger partial charge in [-0.1, -0.05) is 6.42 Å². The van der Waals surface area contributed by atoms with Crippen molar-refractivity contribution in [2.75, 3.05) is 40.0 Å². The normalized spacial score (nSPS) is 26.0. The zero-order chi connectivity index (χ0) is 24.4. The van der Waals surface area contributed by atoms with E-state index in [1.807, 2.05) is 4.90 Å². The number of likely N-dealkylation sites (tertiary alicyclic amines) is 1. The number of nitrogens with one attached hydrogen (secondary N) is 1. The number of carbonyl (C=O) groups excluding carboxylic acids is 3. The molecule has 9 heteroatoms. The SMILES string of the molecule is COc1ccc(C(=O)N2[C@@H](C(=O)NC[C@H]3CCCO3)COC23CCN(C(=O)C2CCC2)CC3)cc1. The van der Waals surface area contributed by atoms with Gasteiger partial charge in [-0.05, 0) is 49.9 Å². The Bertz CT molecular complexity index is 933. The lowest BCUT2D eigenvalue weighted by molar-refractivity contribution is -0.149. The van der Waals surface area contributed by atoms with Crippen LogP contribution in [-0.4, -0.2) is 85.3 Å². The molecule has 0 radical (unpaired) electrons. The molecule has 1 spiro atoms. The van der Waals surface area contributed by atoms with Gasteiger partial charge in [0.25, 0.3) is 5.91 Å². The van der Waals surface area contributed by atoms with Gasteiger partial charge in [-0.3, -0.25) is 19.3 Å². The van der Waals surface area contributed by atoms with Gasteiger partial charge in [0.2, 0.25) is 11.8 Å². The number of amides is 3. The first-order chi connectivity index (χ1) is 17.0. The van der Waals surface area contributed by atoms with Gasteiger partial charge in [-0.2, -0.15) is 0 Å². The third-order valence-electron chi connectivity index (χ3n) is 7.96. The summed E-state index contributed by atoms with van der Waals surface area (Å²) in [6.45, 7) is 2.32. The summed E-state index contributed by atoms with van der Waals surface area (Å²) in [6, 6.07) is 6.17. The van der Waals surface area contributed by atoms with Gasteiger partial charge in [-0.15, -0.1) is 0 Å². The summed E-state index contributed by atoms with van der Waals surface area (Å²) in [5, 5.41) is 2.98. The molecule has 1 aromatic rings. The van der Waals surface area contributed by atoms with Crippen molar-refractivity contribution in [2.24, 2.45) is 5.92 Å². The Balaban J connectivity index is 1.33. The van der Waals surface area contributed by atoms with E-state index in [1.165, 1.54) is 0 Å². The molecule has 190 valence electrons. The highest BCUT2D eigenvalue weighted by molar-refractivity contribution is 5.98. The zero-order valence-electron chi connectivity index (χ0n) is 20.4. The third-order valence-corrected chi connectivity index (χ3v) is 7.96. The van der Waals surface area contributed by atoms with Crippen molar-refractivity contribution >= 4 is 17.7 Å². The molecule has 0 unspecified atom stereocenters. The van der Waals surface area contributed by atoms with E-state index >= 15 is 0 Å². The molecule has 3 saturated heterocycles. The largest absolute Gasteiger partial charge is 0.497 e. The maximum atomic E-state index is 13.8. The number of hydrogen-bond donors (Lipinski definition) is 1. The van der Waals surface area contributed by atoms with Crippen molar-refractivity contribution in [1.82, 2.24) is 15.1 Å². The van der Waals surface area contributed by atoms with E-state index < -0.39 is 11.8 Å². The predicted molar refractivity (Wildman–Crippen MR) is 127 cm³/mol. The van der Waals surface area contributed by atoms with Crippen LogP contribution >= 0.6 is 0 Å². The topological polar surface area (TPSA) is 97.4 Å². The quantitative estimate of drug-likeness (QED) is 0.662. The molecule has 3 heterocycles. The molecule has 1 saturated carbocycles. The molecule has 35 heavy (non-hydrogen) atoms. The molecular formula is C26H35N3O6. The van der Waals surface area contributed by atoms with Crippen molar-refractivity contribution in [3.05, 3.63) is 29.8 Å². The zero-order valence-corrected chi connectivity index (χ0v) is 20.4. The first kappa shape index (κ1) is 24.1. The van der Waals surface area contributed by atoms with Gasteiger partial charge in [0, 0.05) is 50.6 Å². The summed E-state index contributed by atoms with van der Waals surface area (Å²) >= 11 is 0. The minimum absolute atomic E-state index is 0.0155. The van der Waals surface area contributed by atoms with Gasteiger partial charge in [0.1, 0.15) is 17.5 Å². The second kappa shape index (κ2) is 10.1. The highest BCUT2D eigenvalue weighted by Crippen LogP contribution is 2.40. The van der Waals surface area contributed by atoms with E-state index in [1.54, 1.807) is 36.3 Å². The van der Waals surface area contributed by atoms with Gasteiger partial charge < -0.3 is 24.4 Å². The molecule has 0 bridgehead atoms. The molecule has 1 aromatic carbocycles. The number of carbonyl (C=O) groups is 3. The molecule has 3 amide bonds. The third kappa shape index (κ3) is 4.76. The Morgan fingerprint density at radius 1 is 1.09 bits per heavy atom. The lowest BCUT2D eigenvalue weighted by atomic mass is 9.83. The molecule has 2 atom stereocenters. The standard InChI is InChI=1S/C26H35N3O6/c1-33-20-9-7-19(8-10-20)25(32)29-22(23(30)27-16-21-6-3-15-34-21)17-35-26(29)11-13-28(14-12-26)24(31)18-4-2-5-18/h7-10,18,21-22H,2-6,11-17H2,1H3,(H,27,30)/t21-,22-/m1/s1. The highest BCUT2D eigenvalue weighted by Gasteiger charge is 2.54. The van der Waals surface area contributed by atoms with Crippen LogP contribution in [0.3, 0.4) is 0 Å². The molecule has 3 aliphatic heterocycles. The Kier molecular flexibility index (Phi) is 6.98. The minimum atomic E-state index is -0.904. The fourth-order valence-electron chi connectivity index (χ4n) is 5.57. The number of piperidine rings is 1. The van der Waals surface area contributed by atoms with Gasteiger partial charge in [0.15, 0.2) is 0 Å². The number of rotatable bonds is 6. The molecule has 4 aliphatic rings. The molecule has 0 aromatic heterocycles. The Hall–Kier alpha value is -2.65. The van der Waals surface area contributed by atoms with Gasteiger partial charge in [-0.25, -0.2) is 0 Å². The van der Waals surface area contributed by atoms with E-state index in [0.717, 1.165) is 32.1 Å². The van der Waals surface area contributed by atoms with Crippen molar-refractivity contribution in [3.8, 4) is 5.75 Å². The van der Waals surface area contributed by atoms with E-state index in [0.29, 0.717) is 50.4 Å². The van der Waals surface area contributed by atoms with Gasteiger partial charge >= 0.3 is 0 Å². The van der Waals surface area contributed by atoms with Crippen LogP contribution in [0.4, 0.5) is 0 Å². The van der Waals surface area contributed by atoms with Crippen LogP contribution in [0.1, 0.15) is 55.3 Å². The lowest BCUT2D eigenvalue weighted by Gasteiger charge is -2.45. The van der Waals surface area contributed by atoms with Crippen LogP contribution in [0.15, 0.2) is 24.3 Å². The summed E-state index contributed by atoms with van der Waals surface area (Å²) in [5.41, 5.74) is -0.431. The summed E-state index contributed by atoms with van der Waals surface area (Å²) in [7, 11) is 1.58. The first-order valence-electron chi connectivity index (χ1n) is 12.8. The molecular weight excluding hydrogens is 450 g/mol. The minimum Gasteiger partial charge on any atom is -0.497 e. The molecule has 9 nitrogen and oxygen atoms in total. The average molecular weight is 486 g/mol. The van der Waals surface area contributed by atoms with Crippen LogP contribution in [0, 0.1) is 5.92 Å². The van der Waals surface area contributed by atoms with E-state index in [4.69, 9.17) is 14.2 Å². The highest BCUT2D eigenvalue weighted by atomic mass is 16.5. The monoisotopic (exact) mass is 485 g/mol. The number of benzene rings is 1. The van der Waals surface area contributed by atoms with Crippen molar-refractivity contribution in [3.63, 3.8) is 0 Å². The molecule has 5 rings (SSSR count). The Morgan fingerprint density at radius 3 is 2.43 bits per heavy atom. The van der Waals surface area contributed by atoms with E-state index in [-0.39, 0.29) is 36.4 Å². The first-order valence-corrected chi connectivity index (χ1v) is 12.8. The van der Waals surface area contributed by atoms with Gasteiger partial charge in [0.05, 0.1) is 19.8 Å². The number of ether oxygens (including phenoxy) is 3. The summed E-state index contributed by atoms with van der Waals surface area (Å²) in [4.78, 5) is 43.4. The predicted octanol–water partition coefficient (Wildman–Crippen LogP) is 1.95. The Labute approximate surface area is 206 Å². The van der Waals surface area contributed by atoms with Crippen LogP contribution in [0.2, 0.25) is 0 Å². The summed E-state index contributed by atoms with van der Waals surface area (Å²) < 4.78 is 17.1. The van der Waals surface area contributed by atoms with Crippen LogP contribution < -0.4 is 10.1 Å². The van der Waals surface area contributed by atoms with Crippen molar-refractivity contribution in [2.45, 2.75) is 62.8 Å². The fourth-order valence-corrected chi connectivity index (χ4v) is 5.57. The average Bonchev–Trinajstić information content (AvgIpc) is 3.50.